The number of nitrogens with two attached hydrogens (primary N) is 1. The lowest BCUT2D eigenvalue weighted by molar-refractivity contribution is -0.122. The number of carbonyl (C=O) groups excluding carboxylic acids is 1. The van der Waals surface area contributed by atoms with Gasteiger partial charge in [-0.15, -0.1) is 0 Å². The van der Waals surface area contributed by atoms with Crippen LogP contribution in [0.25, 0.3) is 0 Å². The van der Waals surface area contributed by atoms with Gasteiger partial charge in [0, 0.05) is 13.1 Å². The zero-order valence-electron chi connectivity index (χ0n) is 9.69. The van der Waals surface area contributed by atoms with Gasteiger partial charge >= 0.3 is 0 Å². The fraction of sp³-hybridized carbons (Fsp3) is 0.417. The predicted molar refractivity (Wildman–Crippen MR) is 64.1 cm³/mol. The number of carbonyl (C=O) groups is 1. The number of amides is 1. The molecule has 0 atom stereocenters. The van der Waals surface area contributed by atoms with E-state index in [1.807, 2.05) is 24.3 Å². The van der Waals surface area contributed by atoms with Crippen LogP contribution in [0, 0.1) is 0 Å². The van der Waals surface area contributed by atoms with Gasteiger partial charge < -0.3 is 20.9 Å². The second kappa shape index (κ2) is 7.78. The topological polar surface area (TPSA) is 84.6 Å². The summed E-state index contributed by atoms with van der Waals surface area (Å²) in [6.07, 6.45) is 0. The third-order valence-electron chi connectivity index (χ3n) is 2.20. The zero-order chi connectivity index (χ0) is 12.5. The summed E-state index contributed by atoms with van der Waals surface area (Å²) in [5, 5.41) is 12.0. The smallest absolute Gasteiger partial charge is 0.243 e. The maximum Gasteiger partial charge on any atom is 0.243 e. The summed E-state index contributed by atoms with van der Waals surface area (Å²) in [7, 11) is 0. The summed E-state index contributed by atoms with van der Waals surface area (Å²) in [5.74, 6) is -0.454. The molecule has 4 N–H and O–H groups in total. The van der Waals surface area contributed by atoms with Crippen LogP contribution in [0.4, 0.5) is 0 Å². The Morgan fingerprint density at radius 3 is 2.53 bits per heavy atom. The van der Waals surface area contributed by atoms with Crippen LogP contribution in [0.5, 0.6) is 0 Å². The second-order valence-corrected chi connectivity index (χ2v) is 3.67. The van der Waals surface area contributed by atoms with E-state index in [4.69, 9.17) is 15.6 Å². The van der Waals surface area contributed by atoms with Crippen LogP contribution in [0.3, 0.4) is 0 Å². The van der Waals surface area contributed by atoms with Gasteiger partial charge in [-0.25, -0.2) is 0 Å². The number of hydrogen-bond donors (Lipinski definition) is 3. The van der Waals surface area contributed by atoms with Crippen LogP contribution in [0.2, 0.25) is 0 Å². The van der Waals surface area contributed by atoms with Crippen molar-refractivity contribution in [2.75, 3.05) is 19.8 Å². The molecule has 0 radical (unpaired) electrons. The van der Waals surface area contributed by atoms with Crippen molar-refractivity contribution in [1.82, 2.24) is 5.32 Å². The molecule has 0 unspecified atom stereocenters. The molecule has 0 aliphatic heterocycles. The molecule has 0 fully saturated rings. The van der Waals surface area contributed by atoms with Gasteiger partial charge in [0.15, 0.2) is 0 Å². The summed E-state index contributed by atoms with van der Waals surface area (Å²) in [6.45, 7) is 1.87. The Labute approximate surface area is 101 Å². The zero-order valence-corrected chi connectivity index (χ0v) is 9.69. The average molecular weight is 238 g/mol. The highest BCUT2D eigenvalue weighted by Gasteiger charge is 1.95. The summed E-state index contributed by atoms with van der Waals surface area (Å²) < 4.78 is 5.00. The number of primary amides is 1. The Morgan fingerprint density at radius 2 is 1.94 bits per heavy atom. The molecule has 0 aromatic heterocycles. The van der Waals surface area contributed by atoms with Gasteiger partial charge in [0.1, 0.15) is 6.61 Å². The second-order valence-electron chi connectivity index (χ2n) is 3.67. The SMILES string of the molecule is NC(=O)COCCNCc1ccc(CO)cc1. The van der Waals surface area contributed by atoms with Gasteiger partial charge in [-0.1, -0.05) is 24.3 Å². The van der Waals surface area contributed by atoms with Crippen molar-refractivity contribution >= 4 is 5.91 Å². The van der Waals surface area contributed by atoms with Crippen molar-refractivity contribution in [3.8, 4) is 0 Å². The number of benzene rings is 1. The van der Waals surface area contributed by atoms with Crippen molar-refractivity contribution in [2.24, 2.45) is 5.73 Å². The average Bonchev–Trinajstić information content (AvgIpc) is 2.34. The maximum absolute atomic E-state index is 10.4. The minimum absolute atomic E-state index is 0.0348. The van der Waals surface area contributed by atoms with E-state index in [9.17, 15) is 4.79 Å². The summed E-state index contributed by atoms with van der Waals surface area (Å²) in [5.41, 5.74) is 6.96. The number of ether oxygens (including phenoxy) is 1. The Bertz CT molecular complexity index is 338. The molecule has 5 nitrogen and oxygen atoms in total. The molecule has 0 bridgehead atoms. The van der Waals surface area contributed by atoms with E-state index >= 15 is 0 Å². The molecule has 94 valence electrons. The van der Waals surface area contributed by atoms with E-state index in [-0.39, 0.29) is 13.2 Å². The van der Waals surface area contributed by atoms with E-state index in [0.717, 1.165) is 17.7 Å². The van der Waals surface area contributed by atoms with Gasteiger partial charge in [0.25, 0.3) is 0 Å². The van der Waals surface area contributed by atoms with Crippen LogP contribution in [-0.2, 0) is 22.7 Å². The van der Waals surface area contributed by atoms with Crippen LogP contribution in [0.1, 0.15) is 11.1 Å². The molecule has 0 saturated heterocycles. The summed E-state index contributed by atoms with van der Waals surface area (Å²) in [6, 6.07) is 7.70. The Hall–Kier alpha value is -1.43. The first kappa shape index (κ1) is 13.6. The first-order valence-electron chi connectivity index (χ1n) is 5.48. The Balaban J connectivity index is 2.11. The Morgan fingerprint density at radius 1 is 1.29 bits per heavy atom. The van der Waals surface area contributed by atoms with E-state index in [1.54, 1.807) is 0 Å². The number of aliphatic hydroxyl groups excluding tert-OH is 1. The molecule has 0 spiro atoms. The number of rotatable bonds is 8. The Kier molecular flexibility index (Phi) is 6.24. The molecule has 1 aromatic carbocycles. The number of hydrogen-bond acceptors (Lipinski definition) is 4. The highest BCUT2D eigenvalue weighted by atomic mass is 16.5. The predicted octanol–water partition coefficient (Wildman–Crippen LogP) is -0.230. The molecule has 0 saturated carbocycles. The van der Waals surface area contributed by atoms with Crippen molar-refractivity contribution in [2.45, 2.75) is 13.2 Å². The van der Waals surface area contributed by atoms with Gasteiger partial charge in [0.05, 0.1) is 13.2 Å². The lowest BCUT2D eigenvalue weighted by atomic mass is 10.1. The van der Waals surface area contributed by atoms with Crippen molar-refractivity contribution in [3.63, 3.8) is 0 Å². The quantitative estimate of drug-likeness (QED) is 0.546. The van der Waals surface area contributed by atoms with Crippen LogP contribution in [-0.4, -0.2) is 30.8 Å². The normalized spacial score (nSPS) is 10.4. The molecule has 0 heterocycles. The largest absolute Gasteiger partial charge is 0.392 e. The van der Waals surface area contributed by atoms with Gasteiger partial charge in [-0.2, -0.15) is 0 Å². The van der Waals surface area contributed by atoms with Crippen molar-refractivity contribution in [3.05, 3.63) is 35.4 Å². The highest BCUT2D eigenvalue weighted by molar-refractivity contribution is 5.74. The van der Waals surface area contributed by atoms with E-state index in [0.29, 0.717) is 13.2 Å². The maximum atomic E-state index is 10.4. The van der Waals surface area contributed by atoms with E-state index in [1.165, 1.54) is 0 Å². The van der Waals surface area contributed by atoms with Crippen LogP contribution in [0.15, 0.2) is 24.3 Å². The molecule has 5 heteroatoms. The monoisotopic (exact) mass is 238 g/mol. The number of nitrogens with one attached hydrogen (secondary N) is 1. The number of aliphatic hydroxyl groups is 1. The van der Waals surface area contributed by atoms with Gasteiger partial charge in [0.2, 0.25) is 5.91 Å². The molecule has 0 aliphatic rings. The molecule has 1 rings (SSSR count). The van der Waals surface area contributed by atoms with Gasteiger partial charge in [-0.05, 0) is 11.1 Å². The van der Waals surface area contributed by atoms with Crippen molar-refractivity contribution < 1.29 is 14.6 Å². The van der Waals surface area contributed by atoms with E-state index in [2.05, 4.69) is 5.32 Å². The standard InChI is InChI=1S/C12H18N2O3/c13-12(16)9-17-6-5-14-7-10-1-3-11(8-15)4-2-10/h1-4,14-15H,5-9H2,(H2,13,16). The minimum Gasteiger partial charge on any atom is -0.392 e. The van der Waals surface area contributed by atoms with E-state index < -0.39 is 5.91 Å². The third-order valence-corrected chi connectivity index (χ3v) is 2.20. The first-order chi connectivity index (χ1) is 8.22. The molecular formula is C12H18N2O3. The highest BCUT2D eigenvalue weighted by Crippen LogP contribution is 2.03. The van der Waals surface area contributed by atoms with Gasteiger partial charge in [-0.3, -0.25) is 4.79 Å². The van der Waals surface area contributed by atoms with Crippen LogP contribution >= 0.6 is 0 Å². The molecule has 1 amide bonds. The first-order valence-corrected chi connectivity index (χ1v) is 5.48. The lowest BCUT2D eigenvalue weighted by Crippen LogP contribution is -2.23. The molecule has 1 aromatic rings. The molecule has 17 heavy (non-hydrogen) atoms. The fourth-order valence-electron chi connectivity index (χ4n) is 1.31. The third kappa shape index (κ3) is 6.01. The fourth-order valence-corrected chi connectivity index (χ4v) is 1.31. The summed E-state index contributed by atoms with van der Waals surface area (Å²) in [4.78, 5) is 10.4. The summed E-state index contributed by atoms with van der Waals surface area (Å²) >= 11 is 0. The van der Waals surface area contributed by atoms with Crippen molar-refractivity contribution in [1.29, 1.82) is 0 Å². The molecular weight excluding hydrogens is 220 g/mol. The minimum atomic E-state index is -0.454. The molecule has 0 aliphatic carbocycles. The van der Waals surface area contributed by atoms with Crippen LogP contribution < -0.4 is 11.1 Å². The lowest BCUT2D eigenvalue weighted by Gasteiger charge is -2.05.